The first-order valence-electron chi connectivity index (χ1n) is 15.0. The quantitative estimate of drug-likeness (QED) is 0.0999. The van der Waals surface area contributed by atoms with E-state index in [-0.39, 0.29) is 5.78 Å². The van der Waals surface area contributed by atoms with Gasteiger partial charge >= 0.3 is 0 Å². The zero-order valence-electron chi connectivity index (χ0n) is 26.2. The lowest BCUT2D eigenvalue weighted by molar-refractivity contribution is 0.104. The van der Waals surface area contributed by atoms with Crippen molar-refractivity contribution in [3.8, 4) is 23.0 Å². The van der Waals surface area contributed by atoms with Gasteiger partial charge in [0.05, 0.1) is 12.7 Å². The number of ether oxygens (including phenoxy) is 4. The summed E-state index contributed by atoms with van der Waals surface area (Å²) in [7, 11) is 1.66. The Morgan fingerprint density at radius 3 is 1.67 bits per heavy atom. The molecule has 5 heteroatoms. The third-order valence-electron chi connectivity index (χ3n) is 7.77. The Hall–Kier alpha value is -5.29. The second-order valence-corrected chi connectivity index (χ2v) is 10.8. The smallest absolute Gasteiger partial charge is 0.189 e. The van der Waals surface area contributed by atoms with Gasteiger partial charge in [-0.25, -0.2) is 0 Å². The van der Waals surface area contributed by atoms with E-state index in [1.165, 1.54) is 0 Å². The van der Waals surface area contributed by atoms with Crippen LogP contribution in [0.4, 0.5) is 0 Å². The number of benzene rings is 5. The fraction of sp³-hybridized carbons (Fsp3) is 0.175. The van der Waals surface area contributed by atoms with Crippen LogP contribution in [-0.4, -0.2) is 12.9 Å². The van der Waals surface area contributed by atoms with Crippen molar-refractivity contribution in [1.82, 2.24) is 0 Å². The maximum absolute atomic E-state index is 13.8. The van der Waals surface area contributed by atoms with E-state index in [9.17, 15) is 4.79 Å². The number of hydrogen-bond acceptors (Lipinski definition) is 5. The molecular formula is C40H38O5. The Bertz CT molecular complexity index is 1760. The lowest BCUT2D eigenvalue weighted by Gasteiger charge is -2.20. The van der Waals surface area contributed by atoms with E-state index in [0.717, 1.165) is 50.4 Å². The van der Waals surface area contributed by atoms with Crippen LogP contribution in [0.5, 0.6) is 23.0 Å². The fourth-order valence-corrected chi connectivity index (χ4v) is 5.18. The molecule has 0 aliphatic rings. The molecule has 0 spiro atoms. The first-order chi connectivity index (χ1) is 21.9. The minimum Gasteiger partial charge on any atom is -0.496 e. The van der Waals surface area contributed by atoms with Crippen LogP contribution in [0, 0.1) is 20.8 Å². The van der Waals surface area contributed by atoms with E-state index in [1.807, 2.05) is 118 Å². The van der Waals surface area contributed by atoms with Crippen LogP contribution in [0.3, 0.4) is 0 Å². The van der Waals surface area contributed by atoms with Crippen LogP contribution < -0.4 is 18.9 Å². The molecule has 0 N–H and O–H groups in total. The molecule has 0 aromatic heterocycles. The second-order valence-electron chi connectivity index (χ2n) is 10.8. The van der Waals surface area contributed by atoms with Gasteiger partial charge < -0.3 is 18.9 Å². The van der Waals surface area contributed by atoms with Gasteiger partial charge in [0.1, 0.15) is 42.8 Å². The van der Waals surface area contributed by atoms with Crippen molar-refractivity contribution >= 4 is 11.9 Å². The first kappa shape index (κ1) is 31.1. The highest BCUT2D eigenvalue weighted by Gasteiger charge is 2.19. The van der Waals surface area contributed by atoms with E-state index >= 15 is 0 Å². The van der Waals surface area contributed by atoms with Gasteiger partial charge in [-0.15, -0.1) is 0 Å². The number of methoxy groups -OCH3 is 1. The molecule has 0 aliphatic carbocycles. The summed E-state index contributed by atoms with van der Waals surface area (Å²) in [5.41, 5.74) is 7.22. The maximum Gasteiger partial charge on any atom is 0.189 e. The Morgan fingerprint density at radius 2 is 1.11 bits per heavy atom. The Balaban J connectivity index is 1.45. The fourth-order valence-electron chi connectivity index (χ4n) is 5.18. The molecule has 0 atom stereocenters. The van der Waals surface area contributed by atoms with Crippen molar-refractivity contribution in [2.75, 3.05) is 7.11 Å². The normalized spacial score (nSPS) is 10.9. The van der Waals surface area contributed by atoms with Crippen molar-refractivity contribution < 1.29 is 23.7 Å². The van der Waals surface area contributed by atoms with Gasteiger partial charge in [0.15, 0.2) is 5.78 Å². The number of hydrogen-bond donors (Lipinski definition) is 0. The molecule has 0 bridgehead atoms. The van der Waals surface area contributed by atoms with Crippen LogP contribution >= 0.6 is 0 Å². The Labute approximate surface area is 265 Å². The molecule has 5 nitrogen and oxygen atoms in total. The minimum atomic E-state index is -0.196. The molecule has 5 aromatic carbocycles. The van der Waals surface area contributed by atoms with Gasteiger partial charge in [-0.2, -0.15) is 0 Å². The summed E-state index contributed by atoms with van der Waals surface area (Å²) in [6, 6.07) is 35.2. The van der Waals surface area contributed by atoms with Crippen LogP contribution in [0.2, 0.25) is 0 Å². The van der Waals surface area contributed by atoms with E-state index in [0.29, 0.717) is 36.9 Å². The number of ketones is 1. The van der Waals surface area contributed by atoms with Crippen LogP contribution in [0.1, 0.15) is 49.3 Å². The number of allylic oxidation sites excluding steroid dienone is 1. The molecule has 0 amide bonds. The average molecular weight is 599 g/mol. The van der Waals surface area contributed by atoms with E-state index in [4.69, 9.17) is 18.9 Å². The molecule has 0 radical (unpaired) electrons. The molecule has 0 heterocycles. The molecule has 45 heavy (non-hydrogen) atoms. The number of carbonyl (C=O) groups excluding carboxylic acids is 1. The third kappa shape index (κ3) is 7.81. The van der Waals surface area contributed by atoms with E-state index < -0.39 is 0 Å². The Kier molecular flexibility index (Phi) is 10.3. The van der Waals surface area contributed by atoms with Crippen LogP contribution in [0.25, 0.3) is 6.08 Å². The van der Waals surface area contributed by atoms with Gasteiger partial charge in [0, 0.05) is 17.2 Å². The van der Waals surface area contributed by atoms with Gasteiger partial charge in [-0.1, -0.05) is 91.0 Å². The summed E-state index contributed by atoms with van der Waals surface area (Å²) < 4.78 is 24.4. The molecule has 0 fully saturated rings. The molecule has 0 saturated carbocycles. The van der Waals surface area contributed by atoms with Gasteiger partial charge in [-0.3, -0.25) is 4.79 Å². The summed E-state index contributed by atoms with van der Waals surface area (Å²) >= 11 is 0. The van der Waals surface area contributed by atoms with Crippen molar-refractivity contribution in [2.24, 2.45) is 0 Å². The standard InChI is InChI=1S/C40H38O5/c1-28-29(2)40(45-27-33-18-12-7-13-19-33)35(30(3)39(28)42-4)22-23-37(41)36-21-20-34(43-25-31-14-8-5-9-15-31)24-38(36)44-26-32-16-10-6-11-17-32/h5-24H,25-27H2,1-4H3. The average Bonchev–Trinajstić information content (AvgIpc) is 3.08. The van der Waals surface area contributed by atoms with E-state index in [2.05, 4.69) is 0 Å². The summed E-state index contributed by atoms with van der Waals surface area (Å²) in [5.74, 6) is 2.38. The molecule has 5 aromatic rings. The predicted octanol–water partition coefficient (Wildman–Crippen LogP) is 9.25. The van der Waals surface area contributed by atoms with Crippen LogP contribution in [0.15, 0.2) is 115 Å². The summed E-state index contributed by atoms with van der Waals surface area (Å²) in [5, 5.41) is 0. The maximum atomic E-state index is 13.8. The highest BCUT2D eigenvalue weighted by atomic mass is 16.5. The Morgan fingerprint density at radius 1 is 0.600 bits per heavy atom. The topological polar surface area (TPSA) is 54.0 Å². The van der Waals surface area contributed by atoms with Crippen molar-refractivity contribution in [3.05, 3.63) is 160 Å². The van der Waals surface area contributed by atoms with Gasteiger partial charge in [0.25, 0.3) is 0 Å². The van der Waals surface area contributed by atoms with Gasteiger partial charge in [-0.05, 0) is 72.9 Å². The first-order valence-corrected chi connectivity index (χ1v) is 15.0. The summed E-state index contributed by atoms with van der Waals surface area (Å²) in [6.45, 7) is 7.15. The predicted molar refractivity (Wildman–Crippen MR) is 179 cm³/mol. The summed E-state index contributed by atoms with van der Waals surface area (Å²) in [4.78, 5) is 13.8. The molecule has 0 saturated heterocycles. The molecule has 228 valence electrons. The van der Waals surface area contributed by atoms with Crippen LogP contribution in [-0.2, 0) is 19.8 Å². The zero-order chi connectivity index (χ0) is 31.6. The second kappa shape index (κ2) is 14.9. The molecule has 5 rings (SSSR count). The monoisotopic (exact) mass is 598 g/mol. The van der Waals surface area contributed by atoms with Crippen molar-refractivity contribution in [3.63, 3.8) is 0 Å². The number of rotatable bonds is 13. The van der Waals surface area contributed by atoms with Crippen molar-refractivity contribution in [2.45, 2.75) is 40.6 Å². The summed E-state index contributed by atoms with van der Waals surface area (Å²) in [6.07, 6.45) is 3.38. The molecular weight excluding hydrogens is 560 g/mol. The number of carbonyl (C=O) groups is 1. The van der Waals surface area contributed by atoms with Crippen molar-refractivity contribution in [1.29, 1.82) is 0 Å². The SMILES string of the molecule is COc1c(C)c(C)c(OCc2ccccc2)c(C=CC(=O)c2ccc(OCc3ccccc3)cc2OCc2ccccc2)c1C. The highest BCUT2D eigenvalue weighted by Crippen LogP contribution is 2.39. The largest absolute Gasteiger partial charge is 0.496 e. The zero-order valence-corrected chi connectivity index (χ0v) is 26.2. The lowest BCUT2D eigenvalue weighted by atomic mass is 9.96. The van der Waals surface area contributed by atoms with E-state index in [1.54, 1.807) is 31.4 Å². The third-order valence-corrected chi connectivity index (χ3v) is 7.77. The molecule has 0 unspecified atom stereocenters. The highest BCUT2D eigenvalue weighted by molar-refractivity contribution is 6.09. The minimum absolute atomic E-state index is 0.196. The lowest BCUT2D eigenvalue weighted by Crippen LogP contribution is -2.05. The molecule has 0 aliphatic heterocycles. The van der Waals surface area contributed by atoms with Gasteiger partial charge in [0.2, 0.25) is 0 Å².